The highest BCUT2D eigenvalue weighted by atomic mass is 16.7. The molecule has 0 aromatic carbocycles. The molecule has 1 aromatic heterocycles. The summed E-state index contributed by atoms with van der Waals surface area (Å²) < 4.78 is 0. The van der Waals surface area contributed by atoms with Crippen molar-refractivity contribution >= 4 is 11.8 Å². The first kappa shape index (κ1) is 10.2. The lowest BCUT2D eigenvalue weighted by atomic mass is 10.3. The zero-order valence-electron chi connectivity index (χ0n) is 7.86. The third kappa shape index (κ3) is 2.58. The van der Waals surface area contributed by atoms with Crippen LogP contribution in [0.2, 0.25) is 0 Å². The molecule has 0 atom stereocenters. The van der Waals surface area contributed by atoms with Crippen molar-refractivity contribution in [1.82, 2.24) is 9.94 Å². The predicted molar refractivity (Wildman–Crippen MR) is 49.7 cm³/mol. The highest BCUT2D eigenvalue weighted by molar-refractivity contribution is 5.92. The van der Waals surface area contributed by atoms with E-state index in [2.05, 4.69) is 5.10 Å². The van der Waals surface area contributed by atoms with Gasteiger partial charge in [0.15, 0.2) is 0 Å². The number of carbonyl (C=O) groups excluding carboxylic acids is 1. The van der Waals surface area contributed by atoms with Crippen LogP contribution >= 0.6 is 0 Å². The first-order valence-corrected chi connectivity index (χ1v) is 4.24. The predicted octanol–water partition coefficient (Wildman–Crippen LogP) is -0.0775. The van der Waals surface area contributed by atoms with Gasteiger partial charge in [0.05, 0.1) is 6.20 Å². The molecule has 0 amide bonds. The van der Waals surface area contributed by atoms with E-state index in [4.69, 9.17) is 16.0 Å². The summed E-state index contributed by atoms with van der Waals surface area (Å²) in [6.07, 6.45) is 2.50. The number of hydrogen-bond acceptors (Lipinski definition) is 4. The zero-order chi connectivity index (χ0) is 10.6. The van der Waals surface area contributed by atoms with Gasteiger partial charge in [0.2, 0.25) is 0 Å². The molecular formula is C8H12N4O2. The van der Waals surface area contributed by atoms with Crippen LogP contribution in [-0.2, 0) is 4.79 Å². The average Bonchev–Trinajstić information content (AvgIpc) is 2.53. The standard InChI is InChI=1S/C8H12N4O2/c1-2-3-7(13)14-12-5-4-6(11-12)8(9)10/h4-5H,2-3H2,1H3,(H3,9,10). The smallest absolute Gasteiger partial charge is 0.334 e. The molecule has 0 aliphatic rings. The second-order valence-corrected chi connectivity index (χ2v) is 2.73. The minimum Gasteiger partial charge on any atom is -0.382 e. The lowest BCUT2D eigenvalue weighted by molar-refractivity contribution is -0.145. The fraction of sp³-hybridized carbons (Fsp3) is 0.375. The van der Waals surface area contributed by atoms with E-state index in [0.29, 0.717) is 6.42 Å². The lowest BCUT2D eigenvalue weighted by Gasteiger charge is -2.00. The van der Waals surface area contributed by atoms with Gasteiger partial charge < -0.3 is 10.6 Å². The molecule has 0 saturated carbocycles. The van der Waals surface area contributed by atoms with Gasteiger partial charge in [-0.2, -0.15) is 0 Å². The third-order valence-corrected chi connectivity index (χ3v) is 1.49. The quantitative estimate of drug-likeness (QED) is 0.520. The first-order chi connectivity index (χ1) is 6.63. The van der Waals surface area contributed by atoms with E-state index >= 15 is 0 Å². The first-order valence-electron chi connectivity index (χ1n) is 4.24. The fourth-order valence-electron chi connectivity index (χ4n) is 0.856. The summed E-state index contributed by atoms with van der Waals surface area (Å²) >= 11 is 0. The van der Waals surface area contributed by atoms with E-state index in [1.165, 1.54) is 12.3 Å². The van der Waals surface area contributed by atoms with E-state index in [-0.39, 0.29) is 17.5 Å². The van der Waals surface area contributed by atoms with Crippen LogP contribution in [0.4, 0.5) is 0 Å². The number of nitrogens with two attached hydrogens (primary N) is 1. The summed E-state index contributed by atoms with van der Waals surface area (Å²) in [7, 11) is 0. The van der Waals surface area contributed by atoms with Crippen LogP contribution in [0.15, 0.2) is 12.3 Å². The summed E-state index contributed by atoms with van der Waals surface area (Å²) in [6.45, 7) is 1.88. The molecule has 0 unspecified atom stereocenters. The van der Waals surface area contributed by atoms with Crippen molar-refractivity contribution in [3.8, 4) is 0 Å². The van der Waals surface area contributed by atoms with Crippen molar-refractivity contribution in [3.05, 3.63) is 18.0 Å². The molecule has 0 spiro atoms. The molecule has 3 N–H and O–H groups in total. The van der Waals surface area contributed by atoms with Crippen LogP contribution in [0.1, 0.15) is 25.5 Å². The lowest BCUT2D eigenvalue weighted by Crippen LogP contribution is -2.21. The highest BCUT2D eigenvalue weighted by Gasteiger charge is 2.05. The van der Waals surface area contributed by atoms with Crippen molar-refractivity contribution in [1.29, 1.82) is 5.41 Å². The van der Waals surface area contributed by atoms with Gasteiger partial charge in [-0.15, -0.1) is 5.10 Å². The highest BCUT2D eigenvalue weighted by Crippen LogP contribution is 1.94. The van der Waals surface area contributed by atoms with Crippen molar-refractivity contribution in [2.24, 2.45) is 5.73 Å². The number of nitrogen functional groups attached to an aromatic ring is 1. The number of carbonyl (C=O) groups is 1. The molecule has 1 aromatic rings. The largest absolute Gasteiger partial charge is 0.382 e. The molecule has 0 fully saturated rings. The van der Waals surface area contributed by atoms with Crippen LogP contribution < -0.4 is 10.6 Å². The minimum absolute atomic E-state index is 0.157. The molecule has 14 heavy (non-hydrogen) atoms. The monoisotopic (exact) mass is 196 g/mol. The summed E-state index contributed by atoms with van der Waals surface area (Å²) in [6, 6.07) is 1.50. The second kappa shape index (κ2) is 4.40. The Bertz CT molecular complexity index is 345. The second-order valence-electron chi connectivity index (χ2n) is 2.73. The van der Waals surface area contributed by atoms with Gasteiger partial charge in [0, 0.05) is 6.42 Å². The maximum atomic E-state index is 11.0. The molecule has 0 aliphatic heterocycles. The maximum Gasteiger partial charge on any atom is 0.334 e. The summed E-state index contributed by atoms with van der Waals surface area (Å²) in [5.41, 5.74) is 5.47. The third-order valence-electron chi connectivity index (χ3n) is 1.49. The van der Waals surface area contributed by atoms with E-state index in [1.54, 1.807) is 0 Å². The number of nitrogens with one attached hydrogen (secondary N) is 1. The van der Waals surface area contributed by atoms with Crippen molar-refractivity contribution in [3.63, 3.8) is 0 Å². The minimum atomic E-state index is -0.356. The van der Waals surface area contributed by atoms with E-state index < -0.39 is 0 Å². The fourth-order valence-corrected chi connectivity index (χ4v) is 0.856. The molecule has 1 heterocycles. The van der Waals surface area contributed by atoms with E-state index in [1.807, 2.05) is 6.92 Å². The topological polar surface area (TPSA) is 94.0 Å². The SMILES string of the molecule is CCCC(=O)On1ccc(C(=N)N)n1. The summed E-state index contributed by atoms with van der Waals surface area (Å²) in [5.74, 6) is -0.513. The Morgan fingerprint density at radius 2 is 2.50 bits per heavy atom. The van der Waals surface area contributed by atoms with Crippen LogP contribution in [0, 0.1) is 5.41 Å². The van der Waals surface area contributed by atoms with Crippen molar-refractivity contribution in [2.75, 3.05) is 0 Å². The van der Waals surface area contributed by atoms with Gasteiger partial charge in [0.25, 0.3) is 0 Å². The summed E-state index contributed by atoms with van der Waals surface area (Å²) in [4.78, 5) is 16.8. The van der Waals surface area contributed by atoms with Gasteiger partial charge in [-0.05, 0) is 12.5 Å². The number of nitrogens with zero attached hydrogens (tertiary/aromatic N) is 2. The Labute approximate surface area is 81.1 Å². The number of hydrogen-bond donors (Lipinski definition) is 2. The molecule has 76 valence electrons. The molecular weight excluding hydrogens is 184 g/mol. The van der Waals surface area contributed by atoms with Crippen molar-refractivity contribution in [2.45, 2.75) is 19.8 Å². The molecule has 6 heteroatoms. The maximum absolute atomic E-state index is 11.0. The molecule has 0 bridgehead atoms. The van der Waals surface area contributed by atoms with Crippen LogP contribution in [0.25, 0.3) is 0 Å². The number of rotatable bonds is 4. The normalized spacial score (nSPS) is 9.79. The molecule has 6 nitrogen and oxygen atoms in total. The van der Waals surface area contributed by atoms with Crippen LogP contribution in [-0.4, -0.2) is 21.7 Å². The average molecular weight is 196 g/mol. The van der Waals surface area contributed by atoms with E-state index in [0.717, 1.165) is 11.3 Å². The van der Waals surface area contributed by atoms with Crippen LogP contribution in [0.5, 0.6) is 0 Å². The Balaban J connectivity index is 2.59. The number of amidine groups is 1. The molecule has 0 aliphatic carbocycles. The van der Waals surface area contributed by atoms with E-state index in [9.17, 15) is 4.79 Å². The van der Waals surface area contributed by atoms with Crippen molar-refractivity contribution < 1.29 is 9.63 Å². The Morgan fingerprint density at radius 3 is 3.00 bits per heavy atom. The Morgan fingerprint density at radius 1 is 1.79 bits per heavy atom. The number of aromatic nitrogens is 2. The summed E-state index contributed by atoms with van der Waals surface area (Å²) in [5, 5.41) is 10.8. The Hall–Kier alpha value is -1.85. The Kier molecular flexibility index (Phi) is 3.22. The van der Waals surface area contributed by atoms with Gasteiger partial charge in [-0.25, -0.2) is 4.79 Å². The molecule has 1 rings (SSSR count). The zero-order valence-corrected chi connectivity index (χ0v) is 7.86. The van der Waals surface area contributed by atoms with Gasteiger partial charge in [-0.1, -0.05) is 11.8 Å². The van der Waals surface area contributed by atoms with Gasteiger partial charge in [0.1, 0.15) is 11.5 Å². The van der Waals surface area contributed by atoms with Gasteiger partial charge in [-0.3, -0.25) is 5.41 Å². The molecule has 0 saturated heterocycles. The van der Waals surface area contributed by atoms with Crippen LogP contribution in [0.3, 0.4) is 0 Å². The molecule has 0 radical (unpaired) electrons. The van der Waals surface area contributed by atoms with Gasteiger partial charge >= 0.3 is 5.97 Å².